The normalized spacial score (nSPS) is 30.6. The van der Waals surface area contributed by atoms with Crippen molar-refractivity contribution in [2.24, 2.45) is 11.8 Å². The highest BCUT2D eigenvalue weighted by Crippen LogP contribution is 2.30. The summed E-state index contributed by atoms with van der Waals surface area (Å²) in [5.41, 5.74) is 0. The van der Waals surface area contributed by atoms with Crippen LogP contribution in [0.1, 0.15) is 38.0 Å². The van der Waals surface area contributed by atoms with Gasteiger partial charge in [-0.3, -0.25) is 0 Å². The zero-order chi connectivity index (χ0) is 11.5. The van der Waals surface area contributed by atoms with Crippen molar-refractivity contribution in [3.8, 4) is 0 Å². The molecule has 1 saturated carbocycles. The lowest BCUT2D eigenvalue weighted by Crippen LogP contribution is -2.40. The third-order valence-electron chi connectivity index (χ3n) is 3.87. The van der Waals surface area contributed by atoms with E-state index >= 15 is 0 Å². The van der Waals surface area contributed by atoms with Crippen LogP contribution >= 0.6 is 22.9 Å². The third-order valence-corrected chi connectivity index (χ3v) is 5.11. The Morgan fingerprint density at radius 3 is 2.88 bits per heavy atom. The predicted octanol–water partition coefficient (Wildman–Crippen LogP) is 4.32. The van der Waals surface area contributed by atoms with Crippen molar-refractivity contribution in [2.45, 2.75) is 45.7 Å². The summed E-state index contributed by atoms with van der Waals surface area (Å²) in [5, 5.41) is 3.68. The van der Waals surface area contributed by atoms with Gasteiger partial charge in [0.05, 0.1) is 4.34 Å². The average Bonchev–Trinajstić information content (AvgIpc) is 2.67. The Morgan fingerprint density at radius 2 is 2.19 bits per heavy atom. The molecule has 0 amide bonds. The van der Waals surface area contributed by atoms with Crippen LogP contribution in [0.25, 0.3) is 0 Å². The van der Waals surface area contributed by atoms with E-state index in [2.05, 4.69) is 25.2 Å². The Hall–Kier alpha value is -0.0500. The van der Waals surface area contributed by atoms with Crippen molar-refractivity contribution >= 4 is 22.9 Å². The largest absolute Gasteiger partial charge is 0.309 e. The van der Waals surface area contributed by atoms with Crippen LogP contribution in [-0.2, 0) is 6.54 Å². The van der Waals surface area contributed by atoms with Crippen molar-refractivity contribution in [1.82, 2.24) is 5.32 Å². The molecule has 0 aromatic carbocycles. The van der Waals surface area contributed by atoms with Crippen LogP contribution in [-0.4, -0.2) is 6.04 Å². The second kappa shape index (κ2) is 5.52. The summed E-state index contributed by atoms with van der Waals surface area (Å²) in [7, 11) is 0. The standard InChI is InChI=1S/C13H20ClNS/c1-9-4-3-5-12(10(9)2)15-8-11-6-7-13(14)16-11/h6-7,9-10,12,15H,3-5,8H2,1-2H3. The molecule has 1 fully saturated rings. The molecule has 0 aliphatic heterocycles. The van der Waals surface area contributed by atoms with Gasteiger partial charge in [0.25, 0.3) is 0 Å². The topological polar surface area (TPSA) is 12.0 Å². The molecule has 1 nitrogen and oxygen atoms in total. The number of rotatable bonds is 3. The molecule has 3 heteroatoms. The van der Waals surface area contributed by atoms with E-state index in [1.165, 1.54) is 24.1 Å². The van der Waals surface area contributed by atoms with E-state index in [1.807, 2.05) is 6.07 Å². The number of hydrogen-bond acceptors (Lipinski definition) is 2. The van der Waals surface area contributed by atoms with E-state index in [0.29, 0.717) is 6.04 Å². The highest BCUT2D eigenvalue weighted by Gasteiger charge is 2.26. The first-order valence-electron chi connectivity index (χ1n) is 6.14. The van der Waals surface area contributed by atoms with Crippen molar-refractivity contribution in [2.75, 3.05) is 0 Å². The zero-order valence-electron chi connectivity index (χ0n) is 10.0. The van der Waals surface area contributed by atoms with Gasteiger partial charge in [0.15, 0.2) is 0 Å². The van der Waals surface area contributed by atoms with Crippen LogP contribution in [0.4, 0.5) is 0 Å². The van der Waals surface area contributed by atoms with Gasteiger partial charge in [-0.25, -0.2) is 0 Å². The van der Waals surface area contributed by atoms with E-state index in [4.69, 9.17) is 11.6 Å². The van der Waals surface area contributed by atoms with Crippen molar-refractivity contribution in [3.05, 3.63) is 21.3 Å². The Kier molecular flexibility index (Phi) is 4.28. The van der Waals surface area contributed by atoms with Gasteiger partial charge in [-0.1, -0.05) is 38.3 Å². The van der Waals surface area contributed by atoms with Crippen molar-refractivity contribution in [3.63, 3.8) is 0 Å². The first kappa shape index (κ1) is 12.4. The molecule has 2 rings (SSSR count). The first-order chi connectivity index (χ1) is 7.66. The van der Waals surface area contributed by atoms with E-state index in [0.717, 1.165) is 22.7 Å². The Balaban J connectivity index is 1.85. The predicted molar refractivity (Wildman–Crippen MR) is 72.1 cm³/mol. The fourth-order valence-electron chi connectivity index (χ4n) is 2.55. The van der Waals surface area contributed by atoms with Crippen LogP contribution in [0.3, 0.4) is 0 Å². The highest BCUT2D eigenvalue weighted by molar-refractivity contribution is 7.16. The molecule has 3 atom stereocenters. The zero-order valence-corrected chi connectivity index (χ0v) is 11.6. The maximum Gasteiger partial charge on any atom is 0.0931 e. The van der Waals surface area contributed by atoms with Gasteiger partial charge in [-0.15, -0.1) is 11.3 Å². The second-order valence-corrected chi connectivity index (χ2v) is 6.76. The molecule has 0 spiro atoms. The molecule has 1 aliphatic rings. The van der Waals surface area contributed by atoms with Gasteiger partial charge in [-0.05, 0) is 30.4 Å². The number of nitrogens with one attached hydrogen (secondary N) is 1. The number of thiophene rings is 1. The summed E-state index contributed by atoms with van der Waals surface area (Å²) in [6.45, 7) is 5.72. The molecule has 0 radical (unpaired) electrons. The Bertz CT molecular complexity index is 336. The molecule has 0 saturated heterocycles. The molecule has 0 bridgehead atoms. The molecule has 1 aromatic rings. The SMILES string of the molecule is CC1CCCC(NCc2ccc(Cl)s2)C1C. The molecule has 90 valence electrons. The summed E-state index contributed by atoms with van der Waals surface area (Å²) >= 11 is 7.61. The molecule has 1 N–H and O–H groups in total. The second-order valence-electron chi connectivity index (χ2n) is 4.96. The Morgan fingerprint density at radius 1 is 1.38 bits per heavy atom. The molecule has 1 heterocycles. The summed E-state index contributed by atoms with van der Waals surface area (Å²) in [6, 6.07) is 4.79. The van der Waals surface area contributed by atoms with Crippen LogP contribution in [0, 0.1) is 11.8 Å². The maximum atomic E-state index is 5.92. The fraction of sp³-hybridized carbons (Fsp3) is 0.692. The molecule has 1 aromatic heterocycles. The van der Waals surface area contributed by atoms with E-state index in [9.17, 15) is 0 Å². The smallest absolute Gasteiger partial charge is 0.0931 e. The van der Waals surface area contributed by atoms with E-state index in [1.54, 1.807) is 11.3 Å². The molecule has 16 heavy (non-hydrogen) atoms. The number of halogens is 1. The summed E-state index contributed by atoms with van der Waals surface area (Å²) in [4.78, 5) is 1.34. The van der Waals surface area contributed by atoms with Crippen LogP contribution < -0.4 is 5.32 Å². The van der Waals surface area contributed by atoms with Crippen LogP contribution in [0.5, 0.6) is 0 Å². The minimum absolute atomic E-state index is 0.685. The fourth-order valence-corrected chi connectivity index (χ4v) is 3.59. The third kappa shape index (κ3) is 2.99. The Labute approximate surface area is 107 Å². The molecular formula is C13H20ClNS. The number of hydrogen-bond donors (Lipinski definition) is 1. The lowest BCUT2D eigenvalue weighted by molar-refractivity contribution is 0.206. The summed E-state index contributed by atoms with van der Waals surface area (Å²) < 4.78 is 0.891. The van der Waals surface area contributed by atoms with Gasteiger partial charge >= 0.3 is 0 Å². The minimum atomic E-state index is 0.685. The molecule has 1 aliphatic carbocycles. The summed E-state index contributed by atoms with van der Waals surface area (Å²) in [5.74, 6) is 1.65. The van der Waals surface area contributed by atoms with Gasteiger partial charge in [0.2, 0.25) is 0 Å². The van der Waals surface area contributed by atoms with E-state index < -0.39 is 0 Å². The first-order valence-corrected chi connectivity index (χ1v) is 7.34. The highest BCUT2D eigenvalue weighted by atomic mass is 35.5. The van der Waals surface area contributed by atoms with Crippen molar-refractivity contribution in [1.29, 1.82) is 0 Å². The van der Waals surface area contributed by atoms with Gasteiger partial charge < -0.3 is 5.32 Å². The van der Waals surface area contributed by atoms with Crippen molar-refractivity contribution < 1.29 is 0 Å². The van der Waals surface area contributed by atoms with Gasteiger partial charge in [0.1, 0.15) is 0 Å². The molecule has 3 unspecified atom stereocenters. The van der Waals surface area contributed by atoms with Crippen LogP contribution in [0.2, 0.25) is 4.34 Å². The minimum Gasteiger partial charge on any atom is -0.309 e. The quantitative estimate of drug-likeness (QED) is 0.851. The lowest BCUT2D eigenvalue weighted by Gasteiger charge is -2.34. The van der Waals surface area contributed by atoms with Gasteiger partial charge in [-0.2, -0.15) is 0 Å². The monoisotopic (exact) mass is 257 g/mol. The average molecular weight is 258 g/mol. The molecular weight excluding hydrogens is 238 g/mol. The van der Waals surface area contributed by atoms with Crippen LogP contribution in [0.15, 0.2) is 12.1 Å². The van der Waals surface area contributed by atoms with Gasteiger partial charge in [0, 0.05) is 17.5 Å². The maximum absolute atomic E-state index is 5.92. The van der Waals surface area contributed by atoms with E-state index in [-0.39, 0.29) is 0 Å². The lowest BCUT2D eigenvalue weighted by atomic mass is 9.78. The summed E-state index contributed by atoms with van der Waals surface area (Å²) in [6.07, 6.45) is 4.09.